The number of hydrogen-bond donors (Lipinski definition) is 3. The van der Waals surface area contributed by atoms with Crippen molar-refractivity contribution in [1.29, 1.82) is 0 Å². The van der Waals surface area contributed by atoms with Crippen LogP contribution in [0.1, 0.15) is 53.1 Å². The molecule has 1 atom stereocenters. The van der Waals surface area contributed by atoms with Gasteiger partial charge in [-0.1, -0.05) is 22.0 Å². The smallest absolute Gasteiger partial charge is 0.255 e. The number of imide groups is 1. The van der Waals surface area contributed by atoms with Crippen molar-refractivity contribution < 1.29 is 24.0 Å². The lowest BCUT2D eigenvalue weighted by molar-refractivity contribution is -0.137. The molecule has 2 aliphatic heterocycles. The van der Waals surface area contributed by atoms with Crippen molar-refractivity contribution in [3.05, 3.63) is 75.5 Å². The third-order valence-electron chi connectivity index (χ3n) is 7.53. The normalized spacial score (nSPS) is 21.7. The maximum atomic E-state index is 13.1. The van der Waals surface area contributed by atoms with E-state index in [0.29, 0.717) is 16.8 Å². The second kappa shape index (κ2) is 9.36. The summed E-state index contributed by atoms with van der Waals surface area (Å²) in [6.45, 7) is 0.187. The topological polar surface area (TPSA) is 128 Å². The van der Waals surface area contributed by atoms with Crippen LogP contribution in [0.15, 0.2) is 58.8 Å². The number of piperidine rings is 1. The molecule has 0 radical (unpaired) electrons. The molecule has 9 nitrogen and oxygen atoms in total. The Balaban J connectivity index is 1.20. The number of H-pyrrole nitrogens is 1. The van der Waals surface area contributed by atoms with E-state index in [4.69, 9.17) is 0 Å². The van der Waals surface area contributed by atoms with E-state index in [9.17, 15) is 24.0 Å². The van der Waals surface area contributed by atoms with Crippen molar-refractivity contribution >= 4 is 61.8 Å². The number of carbonyl (C=O) groups is 5. The molecular weight excluding hydrogens is 552 g/mol. The summed E-state index contributed by atoms with van der Waals surface area (Å²) in [6.07, 6.45) is 4.14. The Kier molecular flexibility index (Phi) is 5.98. The molecule has 2 aromatic carbocycles. The van der Waals surface area contributed by atoms with Gasteiger partial charge in [-0.3, -0.25) is 29.3 Å². The maximum Gasteiger partial charge on any atom is 0.255 e. The van der Waals surface area contributed by atoms with Crippen LogP contribution in [0.2, 0.25) is 0 Å². The van der Waals surface area contributed by atoms with Gasteiger partial charge in [0.25, 0.3) is 5.91 Å². The molecule has 0 spiro atoms. The van der Waals surface area contributed by atoms with Crippen LogP contribution in [-0.4, -0.2) is 45.2 Å². The number of fused-ring (bicyclic) bond motifs is 2. The van der Waals surface area contributed by atoms with Crippen molar-refractivity contribution in [3.8, 4) is 0 Å². The summed E-state index contributed by atoms with van der Waals surface area (Å²) in [6, 6.07) is 10.4. The van der Waals surface area contributed by atoms with Crippen LogP contribution in [0, 0.1) is 0 Å². The molecule has 3 heterocycles. The molecule has 38 heavy (non-hydrogen) atoms. The number of rotatable bonds is 4. The summed E-state index contributed by atoms with van der Waals surface area (Å²) in [4.78, 5) is 67.7. The summed E-state index contributed by atoms with van der Waals surface area (Å²) in [5.74, 6) is -1.82. The minimum Gasteiger partial charge on any atom is -0.361 e. The van der Waals surface area contributed by atoms with Gasteiger partial charge in [0.05, 0.1) is 5.57 Å². The maximum absolute atomic E-state index is 13.1. The SMILES string of the molecule is O=C1CCC(N2Cc3c(NC=C4C(=O)CC(c5cc6[nH]ccc6cc5Br)CC4=O)cccc3C2=O)C(=O)N1. The zero-order chi connectivity index (χ0) is 26.6. The Morgan fingerprint density at radius 1 is 1.03 bits per heavy atom. The molecule has 192 valence electrons. The molecule has 6 rings (SSSR count). The number of hydrogen-bond acceptors (Lipinski definition) is 6. The van der Waals surface area contributed by atoms with Crippen LogP contribution in [0.5, 0.6) is 0 Å². The Morgan fingerprint density at radius 3 is 2.58 bits per heavy atom. The van der Waals surface area contributed by atoms with Crippen LogP contribution in [0.3, 0.4) is 0 Å². The predicted molar refractivity (Wildman–Crippen MR) is 142 cm³/mol. The highest BCUT2D eigenvalue weighted by atomic mass is 79.9. The van der Waals surface area contributed by atoms with Gasteiger partial charge in [-0.2, -0.15) is 0 Å². The molecule has 1 unspecified atom stereocenters. The highest BCUT2D eigenvalue weighted by Gasteiger charge is 2.40. The lowest BCUT2D eigenvalue weighted by Gasteiger charge is -2.29. The van der Waals surface area contributed by atoms with Crippen molar-refractivity contribution in [2.45, 2.75) is 44.2 Å². The van der Waals surface area contributed by atoms with E-state index in [1.165, 1.54) is 11.1 Å². The molecule has 1 saturated heterocycles. The largest absolute Gasteiger partial charge is 0.361 e. The fourth-order valence-electron chi connectivity index (χ4n) is 5.55. The Morgan fingerprint density at radius 2 is 1.82 bits per heavy atom. The summed E-state index contributed by atoms with van der Waals surface area (Å²) < 4.78 is 0.867. The predicted octanol–water partition coefficient (Wildman–Crippen LogP) is 3.70. The number of nitrogens with zero attached hydrogens (tertiary/aromatic N) is 1. The number of benzene rings is 2. The summed E-state index contributed by atoms with van der Waals surface area (Å²) in [5.41, 5.74) is 3.68. The minimum atomic E-state index is -0.721. The fraction of sp³-hybridized carbons (Fsp3) is 0.250. The Labute approximate surface area is 225 Å². The molecule has 1 aliphatic carbocycles. The lowest BCUT2D eigenvalue weighted by atomic mass is 9.80. The lowest BCUT2D eigenvalue weighted by Crippen LogP contribution is -2.52. The summed E-state index contributed by atoms with van der Waals surface area (Å²) in [5, 5.41) is 6.41. The molecule has 3 N–H and O–H groups in total. The van der Waals surface area contributed by atoms with Gasteiger partial charge in [0.2, 0.25) is 11.8 Å². The van der Waals surface area contributed by atoms with Gasteiger partial charge in [0.1, 0.15) is 6.04 Å². The molecule has 0 bridgehead atoms. The van der Waals surface area contributed by atoms with Gasteiger partial charge in [0.15, 0.2) is 11.6 Å². The molecule has 3 amide bonds. The van der Waals surface area contributed by atoms with E-state index in [1.807, 2.05) is 24.4 Å². The quantitative estimate of drug-likeness (QED) is 0.247. The number of Topliss-reactive ketones (excluding diaryl/α,β-unsaturated/α-hetero) is 2. The van der Waals surface area contributed by atoms with Gasteiger partial charge in [-0.25, -0.2) is 0 Å². The first-order valence-electron chi connectivity index (χ1n) is 12.4. The number of amides is 3. The van der Waals surface area contributed by atoms with Crippen LogP contribution in [-0.2, 0) is 25.7 Å². The third-order valence-corrected chi connectivity index (χ3v) is 8.22. The number of ketones is 2. The van der Waals surface area contributed by atoms with Crippen molar-refractivity contribution in [2.75, 3.05) is 5.32 Å². The number of anilines is 1. The minimum absolute atomic E-state index is 0.0993. The van der Waals surface area contributed by atoms with Crippen molar-refractivity contribution in [1.82, 2.24) is 15.2 Å². The second-order valence-electron chi connectivity index (χ2n) is 9.82. The highest BCUT2D eigenvalue weighted by Crippen LogP contribution is 2.38. The number of allylic oxidation sites excluding steroid dienone is 1. The van der Waals surface area contributed by atoms with E-state index in [1.54, 1.807) is 18.2 Å². The number of halogens is 1. The monoisotopic (exact) mass is 574 g/mol. The second-order valence-corrected chi connectivity index (χ2v) is 10.7. The van der Waals surface area contributed by atoms with E-state index in [2.05, 4.69) is 31.5 Å². The van der Waals surface area contributed by atoms with E-state index < -0.39 is 11.9 Å². The zero-order valence-corrected chi connectivity index (χ0v) is 21.8. The van der Waals surface area contributed by atoms with Crippen LogP contribution >= 0.6 is 15.9 Å². The molecule has 1 saturated carbocycles. The number of carbonyl (C=O) groups excluding carboxylic acids is 5. The van der Waals surface area contributed by atoms with Crippen molar-refractivity contribution in [3.63, 3.8) is 0 Å². The number of nitrogens with one attached hydrogen (secondary N) is 3. The Hall–Kier alpha value is -4.05. The first kappa shape index (κ1) is 24.3. The molecule has 3 aliphatic rings. The van der Waals surface area contributed by atoms with E-state index >= 15 is 0 Å². The van der Waals surface area contributed by atoms with Gasteiger partial charge in [-0.15, -0.1) is 0 Å². The first-order chi connectivity index (χ1) is 18.3. The zero-order valence-electron chi connectivity index (χ0n) is 20.2. The van der Waals surface area contributed by atoms with Gasteiger partial charge < -0.3 is 15.2 Å². The molecule has 3 aromatic rings. The van der Waals surface area contributed by atoms with Crippen LogP contribution < -0.4 is 10.6 Å². The number of aromatic nitrogens is 1. The van der Waals surface area contributed by atoms with E-state index in [0.717, 1.165) is 20.9 Å². The molecule has 1 aromatic heterocycles. The van der Waals surface area contributed by atoms with Crippen LogP contribution in [0.4, 0.5) is 5.69 Å². The standard InChI is InChI=1S/C28H23BrN4O5/c29-20-8-14-6-7-30-22(14)11-17(20)15-9-24(34)18(25(35)10-15)12-31-21-3-1-2-16-19(21)13-33(28(16)38)23-4-5-26(36)32-27(23)37/h1-3,6-8,11-12,15,23,30-31H,4-5,9-10,13H2,(H,32,36,37). The Bertz CT molecular complexity index is 1570. The van der Waals surface area contributed by atoms with E-state index in [-0.39, 0.29) is 67.1 Å². The van der Waals surface area contributed by atoms with Gasteiger partial charge >= 0.3 is 0 Å². The fourth-order valence-corrected chi connectivity index (χ4v) is 6.23. The summed E-state index contributed by atoms with van der Waals surface area (Å²) >= 11 is 3.59. The highest BCUT2D eigenvalue weighted by molar-refractivity contribution is 9.10. The average Bonchev–Trinajstić information content (AvgIpc) is 3.47. The molecule has 2 fully saturated rings. The van der Waals surface area contributed by atoms with Gasteiger partial charge in [-0.05, 0) is 48.2 Å². The molecular formula is C28H23BrN4O5. The third kappa shape index (κ3) is 4.14. The first-order valence-corrected chi connectivity index (χ1v) is 13.2. The van der Waals surface area contributed by atoms with Crippen LogP contribution in [0.25, 0.3) is 10.9 Å². The summed E-state index contributed by atoms with van der Waals surface area (Å²) in [7, 11) is 0. The molecule has 10 heteroatoms. The van der Waals surface area contributed by atoms with Gasteiger partial charge in [0, 0.05) is 70.4 Å². The number of aromatic amines is 1. The average molecular weight is 575 g/mol. The van der Waals surface area contributed by atoms with Crippen molar-refractivity contribution in [2.24, 2.45) is 0 Å².